The van der Waals surface area contributed by atoms with E-state index < -0.39 is 12.4 Å². The first-order valence-corrected chi connectivity index (χ1v) is 5.53. The minimum absolute atomic E-state index is 0.0209. The third kappa shape index (κ3) is 7.62. The van der Waals surface area contributed by atoms with Crippen LogP contribution in [0.25, 0.3) is 0 Å². The molecule has 0 aliphatic rings. The van der Waals surface area contributed by atoms with Crippen molar-refractivity contribution in [3.63, 3.8) is 0 Å². The Labute approximate surface area is 96.7 Å². The summed E-state index contributed by atoms with van der Waals surface area (Å²) >= 11 is 0. The Hall–Kier alpha value is -0.650. The summed E-state index contributed by atoms with van der Waals surface area (Å²) in [5, 5.41) is 9.55. The highest BCUT2D eigenvalue weighted by atomic mass is 16.7. The molecule has 0 aromatic rings. The molecule has 96 valence electrons. The molecular formula is C11H22O5. The van der Waals surface area contributed by atoms with Crippen LogP contribution in [-0.2, 0) is 19.0 Å². The summed E-state index contributed by atoms with van der Waals surface area (Å²) in [7, 11) is 2.97. The lowest BCUT2D eigenvalue weighted by Crippen LogP contribution is -2.24. The van der Waals surface area contributed by atoms with Crippen molar-refractivity contribution < 1.29 is 24.1 Å². The van der Waals surface area contributed by atoms with Crippen LogP contribution >= 0.6 is 0 Å². The summed E-state index contributed by atoms with van der Waals surface area (Å²) in [6.07, 6.45) is 0.784. The van der Waals surface area contributed by atoms with Gasteiger partial charge in [-0.3, -0.25) is 4.79 Å². The summed E-state index contributed by atoms with van der Waals surface area (Å²) in [5.74, 6) is -0.382. The Morgan fingerprint density at radius 2 is 1.94 bits per heavy atom. The second kappa shape index (κ2) is 9.57. The molecule has 16 heavy (non-hydrogen) atoms. The molecule has 0 rings (SSSR count). The summed E-state index contributed by atoms with van der Waals surface area (Å²) < 4.78 is 14.8. The van der Waals surface area contributed by atoms with E-state index in [0.29, 0.717) is 6.61 Å². The van der Waals surface area contributed by atoms with Gasteiger partial charge < -0.3 is 19.3 Å². The monoisotopic (exact) mass is 234 g/mol. The second-order valence-electron chi connectivity index (χ2n) is 3.57. The van der Waals surface area contributed by atoms with Crippen molar-refractivity contribution >= 4 is 5.97 Å². The van der Waals surface area contributed by atoms with E-state index in [-0.39, 0.29) is 18.8 Å². The molecule has 5 heteroatoms. The SMILES string of the molecule is CCCCOC(=O)C[C@H](O)CC(OC)OC. The Balaban J connectivity index is 3.68. The van der Waals surface area contributed by atoms with E-state index in [9.17, 15) is 9.90 Å². The predicted octanol–water partition coefficient (Wildman–Crippen LogP) is 1.09. The van der Waals surface area contributed by atoms with Crippen LogP contribution in [0.2, 0.25) is 0 Å². The van der Waals surface area contributed by atoms with Crippen LogP contribution in [0.3, 0.4) is 0 Å². The van der Waals surface area contributed by atoms with Gasteiger partial charge in [0.2, 0.25) is 0 Å². The number of ether oxygens (including phenoxy) is 3. The lowest BCUT2D eigenvalue weighted by Gasteiger charge is -2.16. The molecule has 5 nitrogen and oxygen atoms in total. The highest BCUT2D eigenvalue weighted by Crippen LogP contribution is 2.07. The van der Waals surface area contributed by atoms with Gasteiger partial charge in [0.15, 0.2) is 6.29 Å². The lowest BCUT2D eigenvalue weighted by molar-refractivity contribution is -0.150. The minimum Gasteiger partial charge on any atom is -0.466 e. The lowest BCUT2D eigenvalue weighted by atomic mass is 10.2. The third-order valence-corrected chi connectivity index (χ3v) is 2.15. The number of esters is 1. The minimum atomic E-state index is -0.793. The molecule has 0 aromatic carbocycles. The van der Waals surface area contributed by atoms with E-state index in [1.165, 1.54) is 14.2 Å². The van der Waals surface area contributed by atoms with Gasteiger partial charge in [-0.2, -0.15) is 0 Å². The van der Waals surface area contributed by atoms with E-state index in [1.807, 2.05) is 6.92 Å². The molecule has 0 radical (unpaired) electrons. The summed E-state index contributed by atoms with van der Waals surface area (Å²) in [6.45, 7) is 2.44. The van der Waals surface area contributed by atoms with Crippen molar-refractivity contribution in [1.82, 2.24) is 0 Å². The Bertz CT molecular complexity index is 179. The van der Waals surface area contributed by atoms with Crippen molar-refractivity contribution in [2.45, 2.75) is 45.0 Å². The molecule has 1 N–H and O–H groups in total. The van der Waals surface area contributed by atoms with Crippen LogP contribution in [0.1, 0.15) is 32.6 Å². The molecule has 0 fully saturated rings. The van der Waals surface area contributed by atoms with E-state index in [2.05, 4.69) is 0 Å². The molecule has 0 aromatic heterocycles. The number of aliphatic hydroxyl groups excluding tert-OH is 1. The van der Waals surface area contributed by atoms with Gasteiger partial charge in [0.25, 0.3) is 0 Å². The summed E-state index contributed by atoms with van der Waals surface area (Å²) in [6, 6.07) is 0. The molecule has 0 spiro atoms. The number of methoxy groups -OCH3 is 2. The summed E-state index contributed by atoms with van der Waals surface area (Å²) in [5.41, 5.74) is 0. The van der Waals surface area contributed by atoms with Crippen LogP contribution in [0.5, 0.6) is 0 Å². The van der Waals surface area contributed by atoms with Crippen LogP contribution in [0.15, 0.2) is 0 Å². The van der Waals surface area contributed by atoms with Crippen LogP contribution in [0, 0.1) is 0 Å². The number of aliphatic hydroxyl groups is 1. The molecule has 0 aliphatic carbocycles. The van der Waals surface area contributed by atoms with Gasteiger partial charge in [-0.1, -0.05) is 13.3 Å². The average molecular weight is 234 g/mol. The van der Waals surface area contributed by atoms with Gasteiger partial charge in [0.1, 0.15) is 0 Å². The smallest absolute Gasteiger partial charge is 0.308 e. The quantitative estimate of drug-likeness (QED) is 0.367. The number of unbranched alkanes of at least 4 members (excludes halogenated alkanes) is 1. The van der Waals surface area contributed by atoms with Gasteiger partial charge in [-0.05, 0) is 6.42 Å². The van der Waals surface area contributed by atoms with Gasteiger partial charge in [-0.25, -0.2) is 0 Å². The first-order valence-electron chi connectivity index (χ1n) is 5.53. The fourth-order valence-electron chi connectivity index (χ4n) is 1.18. The van der Waals surface area contributed by atoms with Crippen molar-refractivity contribution in [1.29, 1.82) is 0 Å². The number of rotatable bonds is 9. The normalized spacial score (nSPS) is 12.8. The maximum absolute atomic E-state index is 11.2. The van der Waals surface area contributed by atoms with E-state index in [0.717, 1.165) is 12.8 Å². The zero-order chi connectivity index (χ0) is 12.4. The first-order chi connectivity index (χ1) is 7.63. The Morgan fingerprint density at radius 3 is 2.44 bits per heavy atom. The highest BCUT2D eigenvalue weighted by Gasteiger charge is 2.17. The van der Waals surface area contributed by atoms with Gasteiger partial charge >= 0.3 is 5.97 Å². The van der Waals surface area contributed by atoms with Crippen LogP contribution < -0.4 is 0 Å². The largest absolute Gasteiger partial charge is 0.466 e. The number of hydrogen-bond acceptors (Lipinski definition) is 5. The number of carbonyl (C=O) groups is 1. The van der Waals surface area contributed by atoms with Gasteiger partial charge in [0.05, 0.1) is 19.1 Å². The van der Waals surface area contributed by atoms with Crippen molar-refractivity contribution in [2.24, 2.45) is 0 Å². The Morgan fingerprint density at radius 1 is 1.31 bits per heavy atom. The molecule has 0 unspecified atom stereocenters. The fraction of sp³-hybridized carbons (Fsp3) is 0.909. The van der Waals surface area contributed by atoms with Gasteiger partial charge in [0, 0.05) is 20.6 Å². The predicted molar refractivity (Wildman–Crippen MR) is 58.9 cm³/mol. The standard InChI is InChI=1S/C11H22O5/c1-4-5-6-16-10(13)7-9(12)8-11(14-2)15-3/h9,11-12H,4-8H2,1-3H3/t9-/m0/s1. The summed E-state index contributed by atoms with van der Waals surface area (Å²) in [4.78, 5) is 11.2. The number of carbonyl (C=O) groups excluding carboxylic acids is 1. The van der Waals surface area contributed by atoms with Crippen molar-refractivity contribution in [3.05, 3.63) is 0 Å². The molecule has 0 amide bonds. The third-order valence-electron chi connectivity index (χ3n) is 2.15. The molecule has 1 atom stereocenters. The topological polar surface area (TPSA) is 65.0 Å². The van der Waals surface area contributed by atoms with E-state index in [4.69, 9.17) is 14.2 Å². The molecule has 0 saturated carbocycles. The highest BCUT2D eigenvalue weighted by molar-refractivity contribution is 5.69. The van der Waals surface area contributed by atoms with Crippen molar-refractivity contribution in [2.75, 3.05) is 20.8 Å². The van der Waals surface area contributed by atoms with Gasteiger partial charge in [-0.15, -0.1) is 0 Å². The molecule has 0 heterocycles. The first kappa shape index (κ1) is 15.3. The molecule has 0 aliphatic heterocycles. The van der Waals surface area contributed by atoms with Crippen LogP contribution in [0.4, 0.5) is 0 Å². The van der Waals surface area contributed by atoms with Crippen LogP contribution in [-0.4, -0.2) is 44.3 Å². The zero-order valence-electron chi connectivity index (χ0n) is 10.3. The second-order valence-corrected chi connectivity index (χ2v) is 3.57. The maximum Gasteiger partial charge on any atom is 0.308 e. The molecule has 0 bridgehead atoms. The van der Waals surface area contributed by atoms with Crippen molar-refractivity contribution in [3.8, 4) is 0 Å². The molecule has 0 saturated heterocycles. The molecular weight excluding hydrogens is 212 g/mol. The van der Waals surface area contributed by atoms with E-state index in [1.54, 1.807) is 0 Å². The Kier molecular flexibility index (Phi) is 9.18. The fourth-order valence-corrected chi connectivity index (χ4v) is 1.18. The number of hydrogen-bond donors (Lipinski definition) is 1. The average Bonchev–Trinajstić information content (AvgIpc) is 2.26. The zero-order valence-corrected chi connectivity index (χ0v) is 10.3. The van der Waals surface area contributed by atoms with E-state index >= 15 is 0 Å². The maximum atomic E-state index is 11.2.